The van der Waals surface area contributed by atoms with Crippen LogP contribution in [0.3, 0.4) is 0 Å². The van der Waals surface area contributed by atoms with Crippen molar-refractivity contribution >= 4 is 82.4 Å². The Kier molecular flexibility index (Phi) is 11.4. The zero-order chi connectivity index (χ0) is 41.8. The molecule has 8 atom stereocenters. The number of fused-ring (bicyclic) bond motifs is 6. The molecule has 314 valence electrons. The summed E-state index contributed by atoms with van der Waals surface area (Å²) in [7, 11) is 0. The second-order valence-electron chi connectivity index (χ2n) is 14.4. The number of benzene rings is 1. The Balaban J connectivity index is 1.01. The van der Waals surface area contributed by atoms with E-state index in [1.54, 1.807) is 40.0 Å². The minimum Gasteiger partial charge on any atom is -0.349 e. The quantitative estimate of drug-likeness (QED) is 0.0675. The first-order valence-electron chi connectivity index (χ1n) is 18.6. The van der Waals surface area contributed by atoms with Crippen LogP contribution in [0.2, 0.25) is 5.15 Å². The van der Waals surface area contributed by atoms with Gasteiger partial charge in [-0.15, -0.1) is 0 Å². The normalized spacial score (nSPS) is 28.6. The van der Waals surface area contributed by atoms with Crippen molar-refractivity contribution in [2.75, 3.05) is 26.4 Å². The number of rotatable bonds is 9. The van der Waals surface area contributed by atoms with E-state index in [9.17, 15) is 25.1 Å². The van der Waals surface area contributed by atoms with Gasteiger partial charge in [-0.1, -0.05) is 23.7 Å². The molecule has 0 amide bonds. The van der Waals surface area contributed by atoms with Crippen molar-refractivity contribution in [3.63, 3.8) is 0 Å². The minimum absolute atomic E-state index is 0.00701. The Morgan fingerprint density at radius 2 is 1.80 bits per heavy atom. The van der Waals surface area contributed by atoms with Crippen molar-refractivity contribution in [1.29, 1.82) is 5.26 Å². The highest BCUT2D eigenvalue weighted by Crippen LogP contribution is 2.58. The molecule has 2 unspecified atom stereocenters. The predicted molar refractivity (Wildman–Crippen MR) is 219 cm³/mol. The summed E-state index contributed by atoms with van der Waals surface area (Å²) in [4.78, 5) is 57.7. The van der Waals surface area contributed by atoms with Crippen LogP contribution < -0.4 is 5.56 Å². The van der Waals surface area contributed by atoms with Gasteiger partial charge in [0.25, 0.3) is 11.2 Å². The Hall–Kier alpha value is -4.14. The number of nitro groups is 1. The summed E-state index contributed by atoms with van der Waals surface area (Å²) in [5, 5.41) is 20.7. The first kappa shape index (κ1) is 41.2. The van der Waals surface area contributed by atoms with Gasteiger partial charge in [0, 0.05) is 49.5 Å². The number of hydrogen-bond donors (Lipinski definition) is 1. The molecular weight excluding hydrogens is 884 g/mol. The molecule has 1 N–H and O–H groups in total. The Bertz CT molecular complexity index is 2820. The van der Waals surface area contributed by atoms with E-state index < -0.39 is 42.4 Å². The summed E-state index contributed by atoms with van der Waals surface area (Å²) in [6.07, 6.45) is 6.44. The molecule has 60 heavy (non-hydrogen) atoms. The standard InChI is InChI=1S/C34H34ClN11O10P2S2/c35-29-27-30(38-17-37-29)44(18-39-27)25-12-21-14-54-58(60,51-11-1-7-36)56-26-13-23(15-52-57(50,59)53-16-24(21)25)55-33(26)45-19-40-28-31(45)41-34-42(9-10-43(34)32(28)47)8-6-20-2-4-22(5-3-20)46(48)49/h2-5,9-10,17-19,21,23-26,33H,1,6,8,11-16H2,(H,50,59)/t21-,23+,24-,25-,26-,33-,57?,58?/m1/s1. The molecule has 1 aliphatic carbocycles. The van der Waals surface area contributed by atoms with Crippen LogP contribution >= 0.6 is 25.0 Å². The fourth-order valence-corrected chi connectivity index (χ4v) is 11.2. The van der Waals surface area contributed by atoms with Gasteiger partial charge in [-0.3, -0.25) is 19.5 Å². The number of halogens is 1. The van der Waals surface area contributed by atoms with Crippen LogP contribution in [-0.4, -0.2) is 91.5 Å². The van der Waals surface area contributed by atoms with Gasteiger partial charge >= 0.3 is 13.4 Å². The molecule has 9 rings (SSSR count). The van der Waals surface area contributed by atoms with Crippen LogP contribution in [0.4, 0.5) is 5.69 Å². The number of aryl methyl sites for hydroxylation is 2. The third-order valence-electron chi connectivity index (χ3n) is 10.8. The summed E-state index contributed by atoms with van der Waals surface area (Å²) in [5.74, 6) is -0.123. The first-order valence-corrected chi connectivity index (χ1v) is 24.1. The highest BCUT2D eigenvalue weighted by Gasteiger charge is 2.47. The van der Waals surface area contributed by atoms with E-state index in [-0.39, 0.29) is 79.2 Å². The second-order valence-corrected chi connectivity index (χ2v) is 20.5. The number of aromatic nitrogens is 9. The average molecular weight is 918 g/mol. The van der Waals surface area contributed by atoms with Crippen LogP contribution in [0.1, 0.15) is 37.1 Å². The zero-order valence-electron chi connectivity index (χ0n) is 31.2. The van der Waals surface area contributed by atoms with Gasteiger partial charge < -0.3 is 41.4 Å². The van der Waals surface area contributed by atoms with Crippen LogP contribution in [0.15, 0.2) is 60.4 Å². The number of non-ortho nitro benzene ring substituents is 1. The molecule has 5 aromatic heterocycles. The smallest absolute Gasteiger partial charge is 0.327 e. The van der Waals surface area contributed by atoms with E-state index in [4.69, 9.17) is 67.6 Å². The summed E-state index contributed by atoms with van der Waals surface area (Å²) in [5.41, 5.74) is 1.68. The molecule has 3 fully saturated rings. The van der Waals surface area contributed by atoms with E-state index in [0.717, 1.165) is 5.56 Å². The van der Waals surface area contributed by atoms with Crippen LogP contribution in [0, 0.1) is 33.3 Å². The highest BCUT2D eigenvalue weighted by atomic mass is 35.5. The fraction of sp³-hybridized carbons (Fsp3) is 0.441. The van der Waals surface area contributed by atoms with Crippen molar-refractivity contribution < 1.29 is 37.2 Å². The molecule has 3 aliphatic rings. The zero-order valence-corrected chi connectivity index (χ0v) is 35.3. The van der Waals surface area contributed by atoms with E-state index in [1.165, 1.54) is 29.2 Å². The molecular formula is C34H34ClN11O10P2S2. The number of nitrogens with zero attached hydrogens (tertiary/aromatic N) is 11. The lowest BCUT2D eigenvalue weighted by molar-refractivity contribution is -0.384. The van der Waals surface area contributed by atoms with E-state index >= 15 is 0 Å². The van der Waals surface area contributed by atoms with Gasteiger partial charge in [0.05, 0.1) is 62.6 Å². The third kappa shape index (κ3) is 8.03. The van der Waals surface area contributed by atoms with Crippen molar-refractivity contribution in [2.45, 2.75) is 56.7 Å². The number of hydrogen-bond acceptors (Lipinski definition) is 17. The largest absolute Gasteiger partial charge is 0.349 e. The number of nitro benzene ring substituents is 1. The summed E-state index contributed by atoms with van der Waals surface area (Å²) in [6.45, 7) is -7.13. The molecule has 1 aromatic carbocycles. The van der Waals surface area contributed by atoms with Gasteiger partial charge in [-0.2, -0.15) is 10.2 Å². The highest BCUT2D eigenvalue weighted by molar-refractivity contribution is 8.07. The van der Waals surface area contributed by atoms with E-state index in [1.807, 2.05) is 4.57 Å². The Morgan fingerprint density at radius 1 is 1.02 bits per heavy atom. The number of nitriles is 1. The minimum atomic E-state index is -3.79. The molecule has 2 saturated heterocycles. The third-order valence-corrected chi connectivity index (χ3v) is 15.1. The average Bonchev–Trinajstić information content (AvgIpc) is 4.02. The fourth-order valence-electron chi connectivity index (χ4n) is 7.73. The monoisotopic (exact) mass is 917 g/mol. The summed E-state index contributed by atoms with van der Waals surface area (Å²) < 4.78 is 44.0. The SMILES string of the molecule is N#CCCOP1(=S)OC[C@H]2C[C@@H](n3cnc4c(Cl)ncnc43)[C@@H]2COP(O)(=S)OC[C@@H]2C[C@@H](O1)[C@H](n1cnc3c(=O)n4ccn(CCc5ccc([N+](=O)[O-])cc5)c4nc31)O2. The summed E-state index contributed by atoms with van der Waals surface area (Å²) >= 11 is 17.7. The van der Waals surface area contributed by atoms with Crippen LogP contribution in [0.25, 0.3) is 28.1 Å². The van der Waals surface area contributed by atoms with E-state index in [0.29, 0.717) is 36.3 Å². The van der Waals surface area contributed by atoms with Crippen LogP contribution in [-0.2, 0) is 63.9 Å². The van der Waals surface area contributed by atoms with Gasteiger partial charge in [0.1, 0.15) is 17.9 Å². The molecule has 6 aromatic rings. The van der Waals surface area contributed by atoms with Crippen molar-refractivity contribution in [3.8, 4) is 6.07 Å². The predicted octanol–water partition coefficient (Wildman–Crippen LogP) is 4.77. The summed E-state index contributed by atoms with van der Waals surface area (Å²) in [6, 6.07) is 8.12. The number of imidazole rings is 3. The van der Waals surface area contributed by atoms with Crippen LogP contribution in [0.5, 0.6) is 0 Å². The second kappa shape index (κ2) is 16.6. The number of ether oxygens (including phenoxy) is 1. The molecule has 0 spiro atoms. The van der Waals surface area contributed by atoms with Crippen molar-refractivity contribution in [2.24, 2.45) is 11.8 Å². The molecule has 21 nitrogen and oxygen atoms in total. The molecule has 2 bridgehead atoms. The molecule has 2 aliphatic heterocycles. The lowest BCUT2D eigenvalue weighted by Gasteiger charge is -2.45. The van der Waals surface area contributed by atoms with Crippen molar-refractivity contribution in [1.82, 2.24) is 43.0 Å². The molecule has 1 saturated carbocycles. The molecule has 26 heteroatoms. The van der Waals surface area contributed by atoms with Gasteiger partial charge in [-0.05, 0) is 47.9 Å². The van der Waals surface area contributed by atoms with Gasteiger partial charge in [0.2, 0.25) is 5.78 Å². The molecule has 7 heterocycles. The lowest BCUT2D eigenvalue weighted by atomic mass is 9.70. The Morgan fingerprint density at radius 3 is 2.60 bits per heavy atom. The topological polar surface area (TPSA) is 243 Å². The maximum atomic E-state index is 13.8. The van der Waals surface area contributed by atoms with Gasteiger partial charge in [-0.25, -0.2) is 24.3 Å². The van der Waals surface area contributed by atoms with Crippen molar-refractivity contribution in [3.05, 3.63) is 86.8 Å². The maximum Gasteiger partial charge on any atom is 0.327 e. The van der Waals surface area contributed by atoms with Gasteiger partial charge in [0.15, 0.2) is 28.2 Å². The lowest BCUT2D eigenvalue weighted by Crippen LogP contribution is -2.43. The molecule has 0 radical (unpaired) electrons. The first-order chi connectivity index (χ1) is 28.9. The van der Waals surface area contributed by atoms with E-state index in [2.05, 4.69) is 26.0 Å². The Labute approximate surface area is 354 Å². The maximum absolute atomic E-state index is 13.8.